The standard InChI is InChI=1S/C6H8N4O2/c11-5-3-10(2-1-7-5)6-9-8-4-12-6/h4H,1-3H2,(H,7,11). The van der Waals surface area contributed by atoms with Crippen LogP contribution in [0.3, 0.4) is 0 Å². The first-order valence-electron chi connectivity index (χ1n) is 3.64. The first kappa shape index (κ1) is 7.08. The van der Waals surface area contributed by atoms with Crippen LogP contribution in [0.25, 0.3) is 0 Å². The summed E-state index contributed by atoms with van der Waals surface area (Å²) in [7, 11) is 0. The molecule has 0 aliphatic carbocycles. The molecule has 1 aromatic rings. The van der Waals surface area contributed by atoms with Crippen molar-refractivity contribution in [3.05, 3.63) is 6.39 Å². The third-order valence-corrected chi connectivity index (χ3v) is 1.66. The molecule has 1 amide bonds. The zero-order chi connectivity index (χ0) is 8.39. The summed E-state index contributed by atoms with van der Waals surface area (Å²) in [5.41, 5.74) is 0. The van der Waals surface area contributed by atoms with Gasteiger partial charge in [-0.3, -0.25) is 4.79 Å². The third-order valence-electron chi connectivity index (χ3n) is 1.66. The van der Waals surface area contributed by atoms with Gasteiger partial charge in [-0.2, -0.15) is 0 Å². The first-order chi connectivity index (χ1) is 5.86. The van der Waals surface area contributed by atoms with Crippen LogP contribution < -0.4 is 10.2 Å². The van der Waals surface area contributed by atoms with Crippen molar-refractivity contribution >= 4 is 11.9 Å². The number of aromatic nitrogens is 2. The molecule has 2 heterocycles. The van der Waals surface area contributed by atoms with Gasteiger partial charge in [0.1, 0.15) is 6.54 Å². The molecular weight excluding hydrogens is 160 g/mol. The molecule has 1 aliphatic rings. The minimum absolute atomic E-state index is 0.0144. The highest BCUT2D eigenvalue weighted by Crippen LogP contribution is 2.08. The van der Waals surface area contributed by atoms with E-state index in [1.54, 1.807) is 4.90 Å². The molecule has 0 bridgehead atoms. The van der Waals surface area contributed by atoms with E-state index in [1.807, 2.05) is 0 Å². The molecule has 2 rings (SSSR count). The summed E-state index contributed by atoms with van der Waals surface area (Å²) in [5.74, 6) is -0.0144. The number of rotatable bonds is 1. The van der Waals surface area contributed by atoms with Gasteiger partial charge >= 0.3 is 6.01 Å². The number of nitrogens with one attached hydrogen (secondary N) is 1. The maximum Gasteiger partial charge on any atom is 0.318 e. The minimum Gasteiger partial charge on any atom is -0.411 e. The number of nitrogens with zero attached hydrogens (tertiary/aromatic N) is 3. The Labute approximate surface area is 68.6 Å². The van der Waals surface area contributed by atoms with Gasteiger partial charge in [0.05, 0.1) is 0 Å². The van der Waals surface area contributed by atoms with Crippen LogP contribution in [0.15, 0.2) is 10.8 Å². The summed E-state index contributed by atoms with van der Waals surface area (Å²) < 4.78 is 4.94. The molecular formula is C6H8N4O2. The van der Waals surface area contributed by atoms with E-state index in [1.165, 1.54) is 6.39 Å². The second-order valence-corrected chi connectivity index (χ2v) is 2.49. The number of carbonyl (C=O) groups excluding carboxylic acids is 1. The highest BCUT2D eigenvalue weighted by atomic mass is 16.4. The molecule has 6 heteroatoms. The fourth-order valence-electron chi connectivity index (χ4n) is 1.11. The van der Waals surface area contributed by atoms with Crippen molar-refractivity contribution in [2.24, 2.45) is 0 Å². The number of piperazine rings is 1. The molecule has 1 fully saturated rings. The van der Waals surface area contributed by atoms with Gasteiger partial charge in [-0.15, -0.1) is 5.10 Å². The maximum absolute atomic E-state index is 10.9. The number of anilines is 1. The molecule has 12 heavy (non-hydrogen) atoms. The third kappa shape index (κ3) is 1.23. The van der Waals surface area contributed by atoms with Crippen LogP contribution in [0.1, 0.15) is 0 Å². The van der Waals surface area contributed by atoms with E-state index < -0.39 is 0 Å². The van der Waals surface area contributed by atoms with Gasteiger partial charge in [0.15, 0.2) is 0 Å². The van der Waals surface area contributed by atoms with E-state index in [9.17, 15) is 4.79 Å². The van der Waals surface area contributed by atoms with Crippen LogP contribution in [-0.2, 0) is 4.79 Å². The zero-order valence-electron chi connectivity index (χ0n) is 6.36. The van der Waals surface area contributed by atoms with Gasteiger partial charge in [0, 0.05) is 13.1 Å². The molecule has 0 saturated carbocycles. The van der Waals surface area contributed by atoms with Gasteiger partial charge < -0.3 is 14.6 Å². The van der Waals surface area contributed by atoms with Crippen molar-refractivity contribution < 1.29 is 9.21 Å². The van der Waals surface area contributed by atoms with Crippen molar-refractivity contribution in [1.29, 1.82) is 0 Å². The second kappa shape index (κ2) is 2.80. The molecule has 0 radical (unpaired) electrons. The van der Waals surface area contributed by atoms with Crippen LogP contribution in [-0.4, -0.2) is 35.7 Å². The van der Waals surface area contributed by atoms with Crippen molar-refractivity contribution in [2.45, 2.75) is 0 Å². The van der Waals surface area contributed by atoms with Gasteiger partial charge in [-0.05, 0) is 0 Å². The van der Waals surface area contributed by atoms with Crippen molar-refractivity contribution in [2.75, 3.05) is 24.5 Å². The van der Waals surface area contributed by atoms with Crippen LogP contribution in [0, 0.1) is 0 Å². The van der Waals surface area contributed by atoms with Crippen LogP contribution in [0.2, 0.25) is 0 Å². The van der Waals surface area contributed by atoms with Crippen LogP contribution >= 0.6 is 0 Å². The first-order valence-corrected chi connectivity index (χ1v) is 3.64. The number of carbonyl (C=O) groups is 1. The fourth-order valence-corrected chi connectivity index (χ4v) is 1.11. The summed E-state index contributed by atoms with van der Waals surface area (Å²) in [6.45, 7) is 1.64. The van der Waals surface area contributed by atoms with Gasteiger partial charge in [-0.1, -0.05) is 5.10 Å². The van der Waals surface area contributed by atoms with Crippen LogP contribution in [0.4, 0.5) is 6.01 Å². The number of amides is 1. The van der Waals surface area contributed by atoms with E-state index in [0.29, 0.717) is 25.6 Å². The Bertz CT molecular complexity index is 271. The van der Waals surface area contributed by atoms with E-state index >= 15 is 0 Å². The van der Waals surface area contributed by atoms with Gasteiger partial charge in [0.2, 0.25) is 12.3 Å². The molecule has 0 atom stereocenters. The predicted octanol–water partition coefficient (Wildman–Crippen LogP) is -0.994. The molecule has 1 saturated heterocycles. The van der Waals surface area contributed by atoms with Gasteiger partial charge in [-0.25, -0.2) is 0 Å². The summed E-state index contributed by atoms with van der Waals surface area (Å²) in [6, 6.07) is 0.407. The average Bonchev–Trinajstić information content (AvgIpc) is 2.56. The Balaban J connectivity index is 2.09. The van der Waals surface area contributed by atoms with Crippen LogP contribution in [0.5, 0.6) is 0 Å². The van der Waals surface area contributed by atoms with E-state index in [4.69, 9.17) is 4.42 Å². The van der Waals surface area contributed by atoms with E-state index in [-0.39, 0.29) is 5.91 Å². The molecule has 1 aliphatic heterocycles. The highest BCUT2D eigenvalue weighted by molar-refractivity contribution is 5.81. The Hall–Kier alpha value is -1.59. The quantitative estimate of drug-likeness (QED) is 0.582. The molecule has 64 valence electrons. The summed E-state index contributed by atoms with van der Waals surface area (Å²) >= 11 is 0. The Kier molecular flexibility index (Phi) is 1.65. The van der Waals surface area contributed by atoms with Gasteiger partial charge in [0.25, 0.3) is 0 Å². The molecule has 1 N–H and O–H groups in total. The zero-order valence-corrected chi connectivity index (χ0v) is 6.36. The fraction of sp³-hybridized carbons (Fsp3) is 0.500. The predicted molar refractivity (Wildman–Crippen MR) is 39.5 cm³/mol. The Morgan fingerprint density at radius 3 is 3.25 bits per heavy atom. The monoisotopic (exact) mass is 168 g/mol. The largest absolute Gasteiger partial charge is 0.411 e. The molecule has 1 aromatic heterocycles. The number of hydrogen-bond acceptors (Lipinski definition) is 5. The Morgan fingerprint density at radius 2 is 2.58 bits per heavy atom. The lowest BCUT2D eigenvalue weighted by molar-refractivity contribution is -0.120. The number of hydrogen-bond donors (Lipinski definition) is 1. The van der Waals surface area contributed by atoms with Crippen molar-refractivity contribution in [3.8, 4) is 0 Å². The summed E-state index contributed by atoms with van der Waals surface area (Å²) in [6.07, 6.45) is 1.25. The van der Waals surface area contributed by atoms with E-state index in [2.05, 4.69) is 15.5 Å². The lowest BCUT2D eigenvalue weighted by Gasteiger charge is -2.24. The highest BCUT2D eigenvalue weighted by Gasteiger charge is 2.19. The molecule has 0 spiro atoms. The summed E-state index contributed by atoms with van der Waals surface area (Å²) in [5, 5.41) is 9.94. The average molecular weight is 168 g/mol. The maximum atomic E-state index is 10.9. The smallest absolute Gasteiger partial charge is 0.318 e. The minimum atomic E-state index is -0.0144. The van der Waals surface area contributed by atoms with Crippen molar-refractivity contribution in [3.63, 3.8) is 0 Å². The lowest BCUT2D eigenvalue weighted by atomic mass is 10.4. The topological polar surface area (TPSA) is 71.3 Å². The normalized spacial score (nSPS) is 17.7. The SMILES string of the molecule is O=C1CN(c2nnco2)CCN1. The van der Waals surface area contributed by atoms with E-state index in [0.717, 1.165) is 0 Å². The molecule has 0 unspecified atom stereocenters. The lowest BCUT2D eigenvalue weighted by Crippen LogP contribution is -2.47. The van der Waals surface area contributed by atoms with Crippen molar-refractivity contribution in [1.82, 2.24) is 15.5 Å². The molecule has 6 nitrogen and oxygen atoms in total. The summed E-state index contributed by atoms with van der Waals surface area (Å²) in [4.78, 5) is 12.7. The Morgan fingerprint density at radius 1 is 1.67 bits per heavy atom. The second-order valence-electron chi connectivity index (χ2n) is 2.49. The molecule has 0 aromatic carbocycles.